The molecule has 0 heterocycles. The molecule has 1 N–H and O–H groups in total. The monoisotopic (exact) mass is 297 g/mol. The normalized spacial score (nSPS) is 12.5. The lowest BCUT2D eigenvalue weighted by molar-refractivity contribution is -0.155. The summed E-state index contributed by atoms with van der Waals surface area (Å²) in [5, 5.41) is 3.41. The molecule has 0 aromatic heterocycles. The van der Waals surface area contributed by atoms with Crippen LogP contribution in [0, 0.1) is 0 Å². The highest BCUT2D eigenvalue weighted by Crippen LogP contribution is 2.32. The van der Waals surface area contributed by atoms with Gasteiger partial charge in [0.15, 0.2) is 6.29 Å². The summed E-state index contributed by atoms with van der Waals surface area (Å²) in [5.41, 5.74) is 0.993. The van der Waals surface area contributed by atoms with E-state index in [4.69, 9.17) is 18.9 Å². The van der Waals surface area contributed by atoms with Crippen LogP contribution in [0.2, 0.25) is 0 Å². The summed E-state index contributed by atoms with van der Waals surface area (Å²) in [7, 11) is 3.29. The van der Waals surface area contributed by atoms with Crippen LogP contribution in [-0.4, -0.2) is 40.3 Å². The van der Waals surface area contributed by atoms with Crippen LogP contribution < -0.4 is 14.8 Å². The Morgan fingerprint density at radius 2 is 1.67 bits per heavy atom. The Kier molecular flexibility index (Phi) is 8.12. The molecule has 0 saturated heterocycles. The van der Waals surface area contributed by atoms with E-state index < -0.39 is 0 Å². The molecule has 0 radical (unpaired) electrons. The summed E-state index contributed by atoms with van der Waals surface area (Å²) < 4.78 is 22.2. The Balaban J connectivity index is 3.13. The molecule has 1 rings (SSSR count). The summed E-state index contributed by atoms with van der Waals surface area (Å²) in [6.45, 7) is 7.95. The van der Waals surface area contributed by atoms with Crippen LogP contribution in [0.4, 0.5) is 0 Å². The number of benzene rings is 1. The van der Waals surface area contributed by atoms with Gasteiger partial charge in [-0.2, -0.15) is 0 Å². The van der Waals surface area contributed by atoms with E-state index in [1.807, 2.05) is 32.0 Å². The van der Waals surface area contributed by atoms with E-state index in [9.17, 15) is 0 Å². The molecule has 120 valence electrons. The average Bonchev–Trinajstić information content (AvgIpc) is 2.52. The van der Waals surface area contributed by atoms with E-state index in [2.05, 4.69) is 12.2 Å². The summed E-state index contributed by atoms with van der Waals surface area (Å²) in [5.74, 6) is 1.51. The van der Waals surface area contributed by atoms with Crippen molar-refractivity contribution in [2.24, 2.45) is 0 Å². The standard InChI is InChI=1S/C16H27NO4/c1-6-17-15(16(20-7-2)21-8-3)13-10-9-12(18-4)11-14(13)19-5/h9-11,15-17H,6-8H2,1-5H3. The van der Waals surface area contributed by atoms with Gasteiger partial charge >= 0.3 is 0 Å². The molecule has 1 aromatic rings. The Labute approximate surface area is 127 Å². The highest BCUT2D eigenvalue weighted by Gasteiger charge is 2.26. The van der Waals surface area contributed by atoms with Gasteiger partial charge in [0.25, 0.3) is 0 Å². The summed E-state index contributed by atoms with van der Waals surface area (Å²) in [6.07, 6.45) is -0.359. The van der Waals surface area contributed by atoms with Crippen molar-refractivity contribution in [2.45, 2.75) is 33.1 Å². The predicted molar refractivity (Wildman–Crippen MR) is 83.0 cm³/mol. The van der Waals surface area contributed by atoms with Crippen LogP contribution in [0.5, 0.6) is 11.5 Å². The fraction of sp³-hybridized carbons (Fsp3) is 0.625. The van der Waals surface area contributed by atoms with Gasteiger partial charge in [0, 0.05) is 24.8 Å². The Hall–Kier alpha value is -1.30. The van der Waals surface area contributed by atoms with E-state index >= 15 is 0 Å². The third kappa shape index (κ3) is 4.88. The first-order valence-corrected chi connectivity index (χ1v) is 7.40. The quantitative estimate of drug-likeness (QED) is 0.673. The zero-order valence-electron chi connectivity index (χ0n) is 13.6. The maximum atomic E-state index is 5.74. The largest absolute Gasteiger partial charge is 0.497 e. The molecule has 1 unspecified atom stereocenters. The van der Waals surface area contributed by atoms with Crippen molar-refractivity contribution in [3.63, 3.8) is 0 Å². The molecule has 0 amide bonds. The fourth-order valence-electron chi connectivity index (χ4n) is 2.22. The van der Waals surface area contributed by atoms with E-state index in [1.165, 1.54) is 0 Å². The zero-order valence-corrected chi connectivity index (χ0v) is 13.6. The highest BCUT2D eigenvalue weighted by atomic mass is 16.7. The molecule has 5 nitrogen and oxygen atoms in total. The highest BCUT2D eigenvalue weighted by molar-refractivity contribution is 5.42. The first-order valence-electron chi connectivity index (χ1n) is 7.40. The number of methoxy groups -OCH3 is 2. The smallest absolute Gasteiger partial charge is 0.176 e. The van der Waals surface area contributed by atoms with E-state index in [-0.39, 0.29) is 12.3 Å². The molecule has 0 bridgehead atoms. The molecule has 21 heavy (non-hydrogen) atoms. The van der Waals surface area contributed by atoms with Gasteiger partial charge in [0.2, 0.25) is 0 Å². The third-order valence-corrected chi connectivity index (χ3v) is 3.13. The second-order valence-corrected chi connectivity index (χ2v) is 4.42. The Morgan fingerprint density at radius 3 is 2.14 bits per heavy atom. The van der Waals surface area contributed by atoms with Gasteiger partial charge in [0.05, 0.1) is 20.3 Å². The molecule has 0 aliphatic heterocycles. The molecule has 1 aromatic carbocycles. The third-order valence-electron chi connectivity index (χ3n) is 3.13. The molecule has 0 fully saturated rings. The topological polar surface area (TPSA) is 49.0 Å². The molecule has 0 aliphatic rings. The summed E-state index contributed by atoms with van der Waals surface area (Å²) in [4.78, 5) is 0. The number of likely N-dealkylation sites (N-methyl/N-ethyl adjacent to an activating group) is 1. The molecular formula is C16H27NO4. The molecule has 5 heteroatoms. The van der Waals surface area contributed by atoms with Gasteiger partial charge in [-0.1, -0.05) is 6.92 Å². The van der Waals surface area contributed by atoms with Crippen molar-refractivity contribution in [3.05, 3.63) is 23.8 Å². The zero-order chi connectivity index (χ0) is 15.7. The number of hydrogen-bond acceptors (Lipinski definition) is 5. The van der Waals surface area contributed by atoms with Gasteiger partial charge in [-0.25, -0.2) is 0 Å². The number of nitrogens with one attached hydrogen (secondary N) is 1. The van der Waals surface area contributed by atoms with Crippen molar-refractivity contribution < 1.29 is 18.9 Å². The van der Waals surface area contributed by atoms with Gasteiger partial charge in [0.1, 0.15) is 11.5 Å². The lowest BCUT2D eigenvalue weighted by Gasteiger charge is -2.29. The summed E-state index contributed by atoms with van der Waals surface area (Å²) in [6, 6.07) is 5.66. The van der Waals surface area contributed by atoms with Gasteiger partial charge in [-0.05, 0) is 32.5 Å². The second kappa shape index (κ2) is 9.60. The van der Waals surface area contributed by atoms with Gasteiger partial charge < -0.3 is 24.3 Å². The van der Waals surface area contributed by atoms with E-state index in [0.717, 1.165) is 23.6 Å². The molecule has 0 aliphatic carbocycles. The maximum Gasteiger partial charge on any atom is 0.176 e. The minimum Gasteiger partial charge on any atom is -0.497 e. The fourth-order valence-corrected chi connectivity index (χ4v) is 2.22. The van der Waals surface area contributed by atoms with Crippen molar-refractivity contribution in [1.29, 1.82) is 0 Å². The van der Waals surface area contributed by atoms with Crippen LogP contribution in [0.15, 0.2) is 18.2 Å². The van der Waals surface area contributed by atoms with Crippen molar-refractivity contribution >= 4 is 0 Å². The lowest BCUT2D eigenvalue weighted by Crippen LogP contribution is -2.36. The first kappa shape index (κ1) is 17.8. The van der Waals surface area contributed by atoms with Crippen molar-refractivity contribution in [1.82, 2.24) is 5.32 Å². The minimum absolute atomic E-state index is 0.101. The first-order chi connectivity index (χ1) is 10.2. The molecule has 1 atom stereocenters. The van der Waals surface area contributed by atoms with Crippen molar-refractivity contribution in [3.8, 4) is 11.5 Å². The minimum atomic E-state index is -0.359. The van der Waals surface area contributed by atoms with Crippen LogP contribution >= 0.6 is 0 Å². The number of hydrogen-bond donors (Lipinski definition) is 1. The van der Waals surface area contributed by atoms with Crippen LogP contribution in [0.1, 0.15) is 32.4 Å². The van der Waals surface area contributed by atoms with Gasteiger partial charge in [-0.15, -0.1) is 0 Å². The Bertz CT molecular complexity index is 405. The molecule has 0 saturated carbocycles. The Morgan fingerprint density at radius 1 is 1.00 bits per heavy atom. The van der Waals surface area contributed by atoms with Crippen LogP contribution in [0.3, 0.4) is 0 Å². The van der Waals surface area contributed by atoms with E-state index in [0.29, 0.717) is 13.2 Å². The van der Waals surface area contributed by atoms with Crippen LogP contribution in [-0.2, 0) is 9.47 Å². The van der Waals surface area contributed by atoms with E-state index in [1.54, 1.807) is 14.2 Å². The SMILES string of the molecule is CCNC(c1ccc(OC)cc1OC)C(OCC)OCC. The van der Waals surface area contributed by atoms with Crippen LogP contribution in [0.25, 0.3) is 0 Å². The number of rotatable bonds is 10. The number of ether oxygens (including phenoxy) is 4. The predicted octanol–water partition coefficient (Wildman–Crippen LogP) is 2.75. The molecular weight excluding hydrogens is 270 g/mol. The van der Waals surface area contributed by atoms with Crippen molar-refractivity contribution in [2.75, 3.05) is 34.0 Å². The second-order valence-electron chi connectivity index (χ2n) is 4.42. The lowest BCUT2D eigenvalue weighted by atomic mass is 10.0. The molecule has 0 spiro atoms. The maximum absolute atomic E-state index is 5.74. The average molecular weight is 297 g/mol. The summed E-state index contributed by atoms with van der Waals surface area (Å²) >= 11 is 0. The van der Waals surface area contributed by atoms with Gasteiger partial charge in [-0.3, -0.25) is 0 Å².